The monoisotopic (exact) mass is 246 g/mol. The van der Waals surface area contributed by atoms with Gasteiger partial charge in [-0.3, -0.25) is 10.9 Å². The summed E-state index contributed by atoms with van der Waals surface area (Å²) in [5.74, 6) is 0. The lowest BCUT2D eigenvalue weighted by Crippen LogP contribution is -2.29. The number of nitrogens with zero attached hydrogens (tertiary/aromatic N) is 2. The fraction of sp³-hybridized carbons (Fsp3) is 0.429. The highest BCUT2D eigenvalue weighted by Crippen LogP contribution is 1.89. The summed E-state index contributed by atoms with van der Waals surface area (Å²) in [4.78, 5) is 0. The first-order valence-corrected chi connectivity index (χ1v) is 5.01. The molecule has 0 saturated heterocycles. The number of rotatable bonds is 4. The molecule has 0 heterocycles. The van der Waals surface area contributed by atoms with Gasteiger partial charge in [0.2, 0.25) is 0 Å². The zero-order chi connectivity index (χ0) is 11.8. The molecule has 0 aromatic rings. The number of thiocarbonyl (C=S) groups is 2. The highest BCUT2D eigenvalue weighted by Gasteiger charge is 2.01. The second kappa shape index (κ2) is 7.07. The molecule has 0 spiro atoms. The van der Waals surface area contributed by atoms with Gasteiger partial charge in [0.05, 0.1) is 11.4 Å². The van der Waals surface area contributed by atoms with Crippen molar-refractivity contribution in [2.24, 2.45) is 21.7 Å². The minimum atomic E-state index is 0.104. The predicted molar refractivity (Wildman–Crippen MR) is 70.7 cm³/mol. The van der Waals surface area contributed by atoms with Gasteiger partial charge in [-0.1, -0.05) is 6.92 Å². The van der Waals surface area contributed by atoms with Crippen LogP contribution in [-0.2, 0) is 0 Å². The van der Waals surface area contributed by atoms with Crippen LogP contribution in [0.4, 0.5) is 0 Å². The standard InChI is InChI=1S/C7H14N6S2/c1-3-5(11-13-7(9)15)4(2)10-12-6(8)14/h3H2,1-2H3,(H3,8,12,14)(H3,9,13,15)/b10-4+,11-5-. The quantitative estimate of drug-likeness (QED) is 0.311. The van der Waals surface area contributed by atoms with Crippen LogP contribution in [-0.4, -0.2) is 21.6 Å². The lowest BCUT2D eigenvalue weighted by atomic mass is 10.2. The van der Waals surface area contributed by atoms with Crippen molar-refractivity contribution in [1.29, 1.82) is 0 Å². The summed E-state index contributed by atoms with van der Waals surface area (Å²) in [6.07, 6.45) is 0.684. The minimum Gasteiger partial charge on any atom is -0.375 e. The molecule has 8 heteroatoms. The summed E-state index contributed by atoms with van der Waals surface area (Å²) in [6.45, 7) is 3.70. The van der Waals surface area contributed by atoms with Crippen molar-refractivity contribution in [3.63, 3.8) is 0 Å². The fourth-order valence-corrected chi connectivity index (χ4v) is 0.833. The van der Waals surface area contributed by atoms with Crippen LogP contribution >= 0.6 is 24.4 Å². The maximum atomic E-state index is 5.23. The number of hydrogen-bond donors (Lipinski definition) is 4. The summed E-state index contributed by atoms with van der Waals surface area (Å²) in [5, 5.41) is 8.09. The Balaban J connectivity index is 4.51. The molecule has 0 fully saturated rings. The molecule has 0 amide bonds. The molecule has 0 unspecified atom stereocenters. The highest BCUT2D eigenvalue weighted by molar-refractivity contribution is 7.80. The van der Waals surface area contributed by atoms with Crippen LogP contribution in [0, 0.1) is 0 Å². The van der Waals surface area contributed by atoms with Crippen LogP contribution in [0.2, 0.25) is 0 Å². The first-order chi connectivity index (χ1) is 6.97. The molecule has 0 saturated carbocycles. The predicted octanol–water partition coefficient (Wildman–Crippen LogP) is -0.205. The van der Waals surface area contributed by atoms with Crippen molar-refractivity contribution in [3.8, 4) is 0 Å². The van der Waals surface area contributed by atoms with Crippen LogP contribution in [0.15, 0.2) is 10.2 Å². The van der Waals surface area contributed by atoms with Crippen molar-refractivity contribution in [3.05, 3.63) is 0 Å². The Bertz CT molecular complexity index is 309. The first-order valence-electron chi connectivity index (χ1n) is 4.19. The van der Waals surface area contributed by atoms with Crippen molar-refractivity contribution >= 4 is 46.1 Å². The Hall–Kier alpha value is -1.28. The van der Waals surface area contributed by atoms with Gasteiger partial charge in [0.25, 0.3) is 0 Å². The van der Waals surface area contributed by atoms with E-state index < -0.39 is 0 Å². The number of hydrazone groups is 2. The van der Waals surface area contributed by atoms with Gasteiger partial charge in [0, 0.05) is 0 Å². The van der Waals surface area contributed by atoms with Crippen molar-refractivity contribution in [1.82, 2.24) is 10.9 Å². The van der Waals surface area contributed by atoms with E-state index in [4.69, 9.17) is 11.5 Å². The molecule has 0 aromatic carbocycles. The summed E-state index contributed by atoms with van der Waals surface area (Å²) < 4.78 is 0. The van der Waals surface area contributed by atoms with Crippen LogP contribution in [0.25, 0.3) is 0 Å². The normalized spacial score (nSPS) is 12.1. The Kier molecular flexibility index (Phi) is 6.47. The second-order valence-corrected chi connectivity index (χ2v) is 3.44. The summed E-state index contributed by atoms with van der Waals surface area (Å²) in [7, 11) is 0. The topological polar surface area (TPSA) is 101 Å². The molecular weight excluding hydrogens is 232 g/mol. The number of nitrogens with one attached hydrogen (secondary N) is 2. The van der Waals surface area contributed by atoms with Crippen molar-refractivity contribution in [2.45, 2.75) is 20.3 Å². The zero-order valence-corrected chi connectivity index (χ0v) is 10.2. The number of nitrogens with two attached hydrogens (primary N) is 2. The van der Waals surface area contributed by atoms with E-state index >= 15 is 0 Å². The maximum absolute atomic E-state index is 5.23. The van der Waals surface area contributed by atoms with Gasteiger partial charge in [0.15, 0.2) is 10.2 Å². The molecule has 84 valence electrons. The number of hydrogen-bond acceptors (Lipinski definition) is 4. The van der Waals surface area contributed by atoms with E-state index in [1.807, 2.05) is 6.92 Å². The zero-order valence-electron chi connectivity index (χ0n) is 8.57. The molecule has 0 radical (unpaired) electrons. The lowest BCUT2D eigenvalue weighted by Gasteiger charge is -2.04. The lowest BCUT2D eigenvalue weighted by molar-refractivity contribution is 1.01. The van der Waals surface area contributed by atoms with E-state index in [2.05, 4.69) is 45.5 Å². The van der Waals surface area contributed by atoms with Crippen LogP contribution in [0.1, 0.15) is 20.3 Å². The third-order valence-corrected chi connectivity index (χ3v) is 1.57. The van der Waals surface area contributed by atoms with Crippen molar-refractivity contribution < 1.29 is 0 Å². The molecule has 0 rings (SSSR count). The molecule has 6 nitrogen and oxygen atoms in total. The summed E-state index contributed by atoms with van der Waals surface area (Å²) >= 11 is 9.22. The van der Waals surface area contributed by atoms with Gasteiger partial charge < -0.3 is 11.5 Å². The first kappa shape index (κ1) is 13.7. The van der Waals surface area contributed by atoms with Crippen LogP contribution < -0.4 is 22.3 Å². The molecule has 0 aliphatic rings. The smallest absolute Gasteiger partial charge is 0.184 e. The molecular formula is C7H14N6S2. The summed E-state index contributed by atoms with van der Waals surface area (Å²) in [5.41, 5.74) is 16.8. The van der Waals surface area contributed by atoms with Crippen molar-refractivity contribution in [2.75, 3.05) is 0 Å². The largest absolute Gasteiger partial charge is 0.375 e. The average molecular weight is 246 g/mol. The molecule has 6 N–H and O–H groups in total. The van der Waals surface area contributed by atoms with Gasteiger partial charge in [-0.15, -0.1) is 0 Å². The van der Waals surface area contributed by atoms with E-state index in [0.29, 0.717) is 17.8 Å². The Morgan fingerprint density at radius 3 is 2.00 bits per heavy atom. The van der Waals surface area contributed by atoms with E-state index in [0.717, 1.165) is 0 Å². The summed E-state index contributed by atoms with van der Waals surface area (Å²) in [6, 6.07) is 0. The molecule has 0 bridgehead atoms. The molecule has 15 heavy (non-hydrogen) atoms. The van der Waals surface area contributed by atoms with Gasteiger partial charge >= 0.3 is 0 Å². The molecule has 0 aromatic heterocycles. The van der Waals surface area contributed by atoms with E-state index in [-0.39, 0.29) is 10.2 Å². The molecule has 0 atom stereocenters. The van der Waals surface area contributed by atoms with E-state index in [9.17, 15) is 0 Å². The maximum Gasteiger partial charge on any atom is 0.184 e. The van der Waals surface area contributed by atoms with E-state index in [1.54, 1.807) is 6.92 Å². The SMILES string of the molecule is CCC(=N/NC(N)=S)/C(C)=N/NC(N)=S. The molecule has 0 aliphatic carbocycles. The Morgan fingerprint density at radius 2 is 1.60 bits per heavy atom. The van der Waals surface area contributed by atoms with Gasteiger partial charge in [-0.2, -0.15) is 10.2 Å². The Morgan fingerprint density at radius 1 is 1.13 bits per heavy atom. The fourth-order valence-electron chi connectivity index (χ4n) is 0.742. The van der Waals surface area contributed by atoms with Crippen LogP contribution in [0.5, 0.6) is 0 Å². The van der Waals surface area contributed by atoms with E-state index in [1.165, 1.54) is 0 Å². The van der Waals surface area contributed by atoms with Gasteiger partial charge in [0.1, 0.15) is 0 Å². The Labute approximate surface area is 99.2 Å². The second-order valence-electron chi connectivity index (χ2n) is 2.56. The third kappa shape index (κ3) is 6.75. The van der Waals surface area contributed by atoms with Gasteiger partial charge in [-0.05, 0) is 37.8 Å². The minimum absolute atomic E-state index is 0.104. The third-order valence-electron chi connectivity index (χ3n) is 1.39. The average Bonchev–Trinajstić information content (AvgIpc) is 2.15. The molecule has 0 aliphatic heterocycles. The van der Waals surface area contributed by atoms with Crippen LogP contribution in [0.3, 0.4) is 0 Å². The highest BCUT2D eigenvalue weighted by atomic mass is 32.1. The van der Waals surface area contributed by atoms with Gasteiger partial charge in [-0.25, -0.2) is 0 Å².